The molecule has 0 aliphatic carbocycles. The van der Waals surface area contributed by atoms with E-state index in [0.29, 0.717) is 16.0 Å². The first-order chi connectivity index (χ1) is 8.94. The Morgan fingerprint density at radius 1 is 1.53 bits per heavy atom. The molecule has 2 aromatic heterocycles. The molecule has 9 heteroatoms. The molecule has 5 nitrogen and oxygen atoms in total. The number of hydrogen-bond acceptors (Lipinski definition) is 4. The summed E-state index contributed by atoms with van der Waals surface area (Å²) in [5.74, 6) is 0.608. The molecule has 0 spiro atoms. The highest BCUT2D eigenvalue weighted by Crippen LogP contribution is 2.35. The maximum absolute atomic E-state index is 12.3. The van der Waals surface area contributed by atoms with Crippen molar-refractivity contribution in [1.82, 2.24) is 14.7 Å². The van der Waals surface area contributed by atoms with Gasteiger partial charge in [-0.1, -0.05) is 6.92 Å². The predicted molar refractivity (Wildman–Crippen MR) is 81.7 cm³/mol. The van der Waals surface area contributed by atoms with Crippen LogP contribution >= 0.6 is 43.2 Å². The zero-order valence-corrected chi connectivity index (χ0v) is 14.7. The first kappa shape index (κ1) is 15.2. The molecule has 1 atom stereocenters. The van der Waals surface area contributed by atoms with Crippen LogP contribution in [0.25, 0.3) is 0 Å². The number of imidazole rings is 1. The van der Waals surface area contributed by atoms with Crippen LogP contribution in [0.1, 0.15) is 25.2 Å². The second-order valence-corrected chi connectivity index (χ2v) is 9.18. The minimum absolute atomic E-state index is 0.231. The van der Waals surface area contributed by atoms with Gasteiger partial charge in [-0.05, 0) is 44.3 Å². The molecule has 19 heavy (non-hydrogen) atoms. The summed E-state index contributed by atoms with van der Waals surface area (Å²) in [5.41, 5.74) is 0. The molecule has 0 aromatic carbocycles. The highest BCUT2D eigenvalue weighted by molar-refractivity contribution is 9.12. The van der Waals surface area contributed by atoms with Gasteiger partial charge in [0.15, 0.2) is 0 Å². The number of halogens is 2. The minimum Gasteiger partial charge on any atom is -0.347 e. The van der Waals surface area contributed by atoms with E-state index in [1.165, 1.54) is 11.3 Å². The Labute approximate surface area is 132 Å². The first-order valence-electron chi connectivity index (χ1n) is 5.40. The van der Waals surface area contributed by atoms with Crippen molar-refractivity contribution in [1.29, 1.82) is 0 Å². The van der Waals surface area contributed by atoms with E-state index in [-0.39, 0.29) is 10.9 Å². The summed E-state index contributed by atoms with van der Waals surface area (Å²) in [6, 6.07) is 1.21. The van der Waals surface area contributed by atoms with E-state index in [1.54, 1.807) is 18.5 Å². The van der Waals surface area contributed by atoms with Crippen molar-refractivity contribution in [3.63, 3.8) is 0 Å². The molecule has 0 saturated carbocycles. The van der Waals surface area contributed by atoms with Crippen molar-refractivity contribution in [3.8, 4) is 0 Å². The van der Waals surface area contributed by atoms with E-state index in [4.69, 9.17) is 0 Å². The van der Waals surface area contributed by atoms with Crippen LogP contribution in [-0.4, -0.2) is 18.4 Å². The Morgan fingerprint density at radius 2 is 2.26 bits per heavy atom. The molecule has 2 N–H and O–H groups in total. The number of nitrogens with zero attached hydrogens (tertiary/aromatic N) is 1. The molecule has 0 fully saturated rings. The number of aromatic amines is 1. The third-order valence-corrected chi connectivity index (χ3v) is 6.70. The lowest BCUT2D eigenvalue weighted by molar-refractivity contribution is 0.539. The third-order valence-electron chi connectivity index (χ3n) is 2.47. The number of hydrogen-bond donors (Lipinski definition) is 2. The van der Waals surface area contributed by atoms with Crippen LogP contribution in [-0.2, 0) is 10.0 Å². The van der Waals surface area contributed by atoms with Crippen molar-refractivity contribution in [2.24, 2.45) is 0 Å². The summed E-state index contributed by atoms with van der Waals surface area (Å²) in [7, 11) is -3.58. The maximum atomic E-state index is 12.3. The molecule has 0 saturated heterocycles. The topological polar surface area (TPSA) is 74.8 Å². The van der Waals surface area contributed by atoms with Crippen molar-refractivity contribution < 1.29 is 8.42 Å². The van der Waals surface area contributed by atoms with E-state index in [2.05, 4.69) is 46.5 Å². The Morgan fingerprint density at radius 3 is 2.74 bits per heavy atom. The zero-order chi connectivity index (χ0) is 14.0. The second-order valence-electron chi connectivity index (χ2n) is 3.75. The molecule has 2 aromatic rings. The predicted octanol–water partition coefficient (Wildman–Crippen LogP) is 3.43. The van der Waals surface area contributed by atoms with Gasteiger partial charge in [-0.3, -0.25) is 0 Å². The lowest BCUT2D eigenvalue weighted by Crippen LogP contribution is -2.29. The average molecular weight is 429 g/mol. The smallest absolute Gasteiger partial charge is 0.243 e. The van der Waals surface area contributed by atoms with Crippen molar-refractivity contribution in [2.75, 3.05) is 0 Å². The molecule has 2 heterocycles. The molecule has 104 valence electrons. The van der Waals surface area contributed by atoms with E-state index in [0.717, 1.165) is 3.79 Å². The number of aromatic nitrogens is 2. The van der Waals surface area contributed by atoms with Crippen LogP contribution < -0.4 is 4.72 Å². The summed E-state index contributed by atoms with van der Waals surface area (Å²) in [6.45, 7) is 1.90. The molecular formula is C10H11Br2N3O2S2. The van der Waals surface area contributed by atoms with Crippen LogP contribution in [0.3, 0.4) is 0 Å². The first-order valence-corrected chi connectivity index (χ1v) is 9.29. The summed E-state index contributed by atoms with van der Waals surface area (Å²) in [4.78, 5) is 7.25. The molecule has 0 bridgehead atoms. The maximum Gasteiger partial charge on any atom is 0.243 e. The summed E-state index contributed by atoms with van der Waals surface area (Å²) >= 11 is 7.85. The highest BCUT2D eigenvalue weighted by Gasteiger charge is 2.25. The average Bonchev–Trinajstić information content (AvgIpc) is 2.96. The Hall–Kier alpha value is -0.220. The fraction of sp³-hybridized carbons (Fsp3) is 0.300. The van der Waals surface area contributed by atoms with Gasteiger partial charge in [-0.2, -0.15) is 0 Å². The lowest BCUT2D eigenvalue weighted by Gasteiger charge is -2.14. The van der Waals surface area contributed by atoms with Gasteiger partial charge in [-0.25, -0.2) is 18.1 Å². The van der Waals surface area contributed by atoms with Crippen LogP contribution in [0, 0.1) is 0 Å². The number of nitrogens with one attached hydrogen (secondary N) is 2. The van der Waals surface area contributed by atoms with Gasteiger partial charge in [-0.15, -0.1) is 11.3 Å². The second kappa shape index (κ2) is 6.04. The van der Waals surface area contributed by atoms with Crippen LogP contribution in [0.4, 0.5) is 0 Å². The van der Waals surface area contributed by atoms with Gasteiger partial charge in [0.05, 0.1) is 13.6 Å². The summed E-state index contributed by atoms with van der Waals surface area (Å²) < 4.78 is 28.6. The van der Waals surface area contributed by atoms with Crippen molar-refractivity contribution in [3.05, 3.63) is 31.9 Å². The Kier molecular flexibility index (Phi) is 4.83. The molecule has 0 radical (unpaired) electrons. The van der Waals surface area contributed by atoms with Crippen molar-refractivity contribution >= 4 is 53.2 Å². The quantitative estimate of drug-likeness (QED) is 0.765. The summed E-state index contributed by atoms with van der Waals surface area (Å²) in [6.07, 6.45) is 3.88. The van der Waals surface area contributed by atoms with Crippen LogP contribution in [0.15, 0.2) is 30.9 Å². The van der Waals surface area contributed by atoms with Crippen molar-refractivity contribution in [2.45, 2.75) is 24.3 Å². The molecule has 2 rings (SSSR count). The monoisotopic (exact) mass is 427 g/mol. The fourth-order valence-electron chi connectivity index (χ4n) is 1.56. The van der Waals surface area contributed by atoms with Gasteiger partial charge in [0.1, 0.15) is 10.7 Å². The lowest BCUT2D eigenvalue weighted by atomic mass is 10.2. The summed E-state index contributed by atoms with van der Waals surface area (Å²) in [5, 5.41) is 0. The minimum atomic E-state index is -3.58. The fourth-order valence-corrected chi connectivity index (χ4v) is 6.65. The van der Waals surface area contributed by atoms with E-state index in [1.807, 2.05) is 6.92 Å². The van der Waals surface area contributed by atoms with E-state index in [9.17, 15) is 8.42 Å². The van der Waals surface area contributed by atoms with Crippen LogP contribution in [0.2, 0.25) is 0 Å². The van der Waals surface area contributed by atoms with Gasteiger partial charge in [0, 0.05) is 12.4 Å². The molecule has 0 amide bonds. The number of rotatable bonds is 5. The van der Waals surface area contributed by atoms with Gasteiger partial charge in [0.2, 0.25) is 10.0 Å². The standard InChI is InChI=1S/C10H11Br2N3O2S2/c1-2-6(10-13-3-4-14-10)15-19(16,17)7-5-8(11)18-9(7)12/h3-6,15H,2H2,1H3,(H,13,14). The molecule has 1 unspecified atom stereocenters. The van der Waals surface area contributed by atoms with E-state index >= 15 is 0 Å². The van der Waals surface area contributed by atoms with Gasteiger partial charge >= 0.3 is 0 Å². The van der Waals surface area contributed by atoms with Crippen LogP contribution in [0.5, 0.6) is 0 Å². The highest BCUT2D eigenvalue weighted by atomic mass is 79.9. The molecular weight excluding hydrogens is 418 g/mol. The number of sulfonamides is 1. The number of H-pyrrole nitrogens is 1. The normalized spacial score (nSPS) is 13.6. The largest absolute Gasteiger partial charge is 0.347 e. The third kappa shape index (κ3) is 3.46. The Balaban J connectivity index is 2.28. The zero-order valence-electron chi connectivity index (χ0n) is 9.85. The number of thiophene rings is 1. The molecule has 0 aliphatic heterocycles. The van der Waals surface area contributed by atoms with E-state index < -0.39 is 10.0 Å². The molecule has 0 aliphatic rings. The van der Waals surface area contributed by atoms with Gasteiger partial charge in [0.25, 0.3) is 0 Å². The SMILES string of the molecule is CCC(NS(=O)(=O)c1cc(Br)sc1Br)c1ncc[nH]1. The Bertz CT molecular complexity index is 652. The van der Waals surface area contributed by atoms with Gasteiger partial charge < -0.3 is 4.98 Å².